The lowest BCUT2D eigenvalue weighted by Crippen LogP contribution is -2.64. The molecule has 12 fully saturated rings. The summed E-state index contributed by atoms with van der Waals surface area (Å²) in [6.07, 6.45) is -21.8. The first kappa shape index (κ1) is 61.6. The average molecular weight is 1090 g/mol. The molecular formula is C49H81N5O22. The molecule has 12 saturated heterocycles. The summed E-state index contributed by atoms with van der Waals surface area (Å²) < 4.78 is 46.4. The Hall–Kier alpha value is -3.56. The van der Waals surface area contributed by atoms with Crippen LogP contribution < -0.4 is 21.3 Å². The van der Waals surface area contributed by atoms with E-state index in [1.165, 1.54) is 11.8 Å². The van der Waals surface area contributed by atoms with Gasteiger partial charge in [0.2, 0.25) is 17.7 Å². The zero-order valence-corrected chi connectivity index (χ0v) is 42.9. The molecule has 20 atom stereocenters. The molecule has 12 rings (SSSR count). The van der Waals surface area contributed by atoms with Crippen LogP contribution >= 0.6 is 0 Å². The molecule has 0 spiro atoms. The first-order chi connectivity index (χ1) is 36.3. The number of hydrogen-bond donors (Lipinski definition) is 14. The van der Waals surface area contributed by atoms with E-state index in [2.05, 4.69) is 34.4 Å². The fourth-order valence-corrected chi connectivity index (χ4v) is 10.1. The Morgan fingerprint density at radius 3 is 1.26 bits per heavy atom. The van der Waals surface area contributed by atoms with Crippen molar-refractivity contribution >= 4 is 23.5 Å². The molecule has 3 amide bonds. The topological polar surface area (TPSA) is 396 Å². The lowest BCUT2D eigenvalue weighted by atomic mass is 9.84. The van der Waals surface area contributed by atoms with Gasteiger partial charge in [0, 0.05) is 75.2 Å². The summed E-state index contributed by atoms with van der Waals surface area (Å²) in [6, 6.07) is 0. The van der Waals surface area contributed by atoms with E-state index in [0.29, 0.717) is 49.9 Å². The molecule has 0 aromatic carbocycles. The van der Waals surface area contributed by atoms with Crippen molar-refractivity contribution in [1.29, 1.82) is 0 Å². The van der Waals surface area contributed by atoms with Crippen molar-refractivity contribution in [3.8, 4) is 0 Å². The van der Waals surface area contributed by atoms with Crippen molar-refractivity contribution in [2.45, 2.75) is 195 Å². The van der Waals surface area contributed by atoms with E-state index in [9.17, 15) is 70.2 Å². The minimum atomic E-state index is -1.60. The van der Waals surface area contributed by atoms with Gasteiger partial charge in [-0.2, -0.15) is 0 Å². The van der Waals surface area contributed by atoms with E-state index in [-0.39, 0.29) is 89.9 Å². The minimum Gasteiger partial charge on any atom is -0.394 e. The van der Waals surface area contributed by atoms with Crippen LogP contribution in [-0.4, -0.2) is 243 Å². The third-order valence-corrected chi connectivity index (χ3v) is 14.8. The highest BCUT2D eigenvalue weighted by Gasteiger charge is 2.53. The summed E-state index contributed by atoms with van der Waals surface area (Å²) >= 11 is 0. The van der Waals surface area contributed by atoms with Crippen LogP contribution in [0.25, 0.3) is 0 Å². The lowest BCUT2D eigenvalue weighted by molar-refractivity contribution is -0.355. The third kappa shape index (κ3) is 16.5. The second-order valence-corrected chi connectivity index (χ2v) is 20.3. The standard InChI is InChI=1S/C49H81N5O22/c1-24(10-13-33(58)50-18-29-27-8-4-6-16-69-46-42(67)38(63)44(31(20-55)73-46)75-48(71-29)40(65)36(27)61)52-22-54(35(60)15-12-26(3)57)23-53-25(2)11-14-34(59)51-19-30-28-9-5-7-17-70-47-43(68)39(64)45(32(21-56)74-47)76-49(72-30)41(66)37(28)62/h27-32,36-49,52-53,55-56,61-68H,1-2,4-23H2,3H3,(H,50,58)(H,51,59). The van der Waals surface area contributed by atoms with Gasteiger partial charge in [-0.3, -0.25) is 14.4 Å². The van der Waals surface area contributed by atoms with Gasteiger partial charge in [-0.05, 0) is 45.4 Å². The van der Waals surface area contributed by atoms with Gasteiger partial charge < -0.3 is 120 Å². The first-order valence-corrected chi connectivity index (χ1v) is 26.3. The highest BCUT2D eigenvalue weighted by molar-refractivity contribution is 5.83. The highest BCUT2D eigenvalue weighted by atomic mass is 16.8. The lowest BCUT2D eigenvalue weighted by Gasteiger charge is -2.47. The zero-order chi connectivity index (χ0) is 55.2. The molecule has 0 aromatic heterocycles. The largest absolute Gasteiger partial charge is 0.394 e. The number of carbonyl (C=O) groups is 4. The van der Waals surface area contributed by atoms with Crippen LogP contribution in [0.1, 0.15) is 84.0 Å². The Bertz CT molecular complexity index is 1790. The molecule has 0 radical (unpaired) electrons. The summed E-state index contributed by atoms with van der Waals surface area (Å²) in [5, 5.41) is 119. The number of carbonyl (C=O) groups excluding carboxylic acids is 4. The van der Waals surface area contributed by atoms with Crippen LogP contribution in [0.4, 0.5) is 0 Å². The fourth-order valence-electron chi connectivity index (χ4n) is 10.1. The molecule has 76 heavy (non-hydrogen) atoms. The van der Waals surface area contributed by atoms with E-state index in [1.54, 1.807) is 0 Å². The van der Waals surface area contributed by atoms with Crippen LogP contribution in [0.2, 0.25) is 0 Å². The molecule has 8 bridgehead atoms. The van der Waals surface area contributed by atoms with Gasteiger partial charge in [0.05, 0.1) is 51.0 Å². The normalized spacial score (nSPS) is 38.0. The molecule has 12 aliphatic rings. The number of nitrogens with one attached hydrogen (secondary N) is 4. The molecule has 20 unspecified atom stereocenters. The number of ether oxygens (including phenoxy) is 8. The molecule has 0 aliphatic carbocycles. The number of aliphatic hydroxyl groups is 10. The zero-order valence-electron chi connectivity index (χ0n) is 42.9. The van der Waals surface area contributed by atoms with Crippen LogP contribution in [0, 0.1) is 11.8 Å². The SMILES string of the molecule is C=C(CCC(=O)NCC1OC2OC3C(CO)OC(OCCCCC1C(O)C2O)C(O)C3O)NCN(CNC(=C)CCC(=O)NCC1OC2OC3C(CO)OC(OCCCCC1C(O)C2O)C(O)C3O)C(=O)CCC(C)=O. The summed E-state index contributed by atoms with van der Waals surface area (Å²) in [7, 11) is 0. The van der Waals surface area contributed by atoms with Gasteiger partial charge in [0.1, 0.15) is 66.8 Å². The van der Waals surface area contributed by atoms with Crippen molar-refractivity contribution in [1.82, 2.24) is 26.2 Å². The number of rotatable bonds is 21. The van der Waals surface area contributed by atoms with E-state index in [0.717, 1.165) is 0 Å². The maximum atomic E-state index is 13.3. The Labute approximate surface area is 440 Å². The Balaban J connectivity index is 0.957. The van der Waals surface area contributed by atoms with Crippen molar-refractivity contribution in [2.24, 2.45) is 11.8 Å². The maximum absolute atomic E-state index is 13.3. The van der Waals surface area contributed by atoms with Gasteiger partial charge >= 0.3 is 0 Å². The number of Topliss-reactive ketones (excluding diaryl/α,β-unsaturated/α-hetero) is 1. The van der Waals surface area contributed by atoms with Gasteiger partial charge in [0.25, 0.3) is 0 Å². The van der Waals surface area contributed by atoms with Crippen molar-refractivity contribution in [3.63, 3.8) is 0 Å². The van der Waals surface area contributed by atoms with Crippen LogP contribution in [-0.2, 0) is 57.1 Å². The molecule has 14 N–H and O–H groups in total. The summed E-state index contributed by atoms with van der Waals surface area (Å²) in [5.74, 6) is -2.69. The van der Waals surface area contributed by atoms with Gasteiger partial charge in [0.15, 0.2) is 25.2 Å². The second kappa shape index (κ2) is 29.6. The van der Waals surface area contributed by atoms with Gasteiger partial charge in [-0.15, -0.1) is 0 Å². The Morgan fingerprint density at radius 1 is 0.474 bits per heavy atom. The fraction of sp³-hybridized carbons (Fsp3) is 0.837. The number of nitrogens with zero attached hydrogens (tertiary/aromatic N) is 1. The number of hydrogen-bond acceptors (Lipinski definition) is 24. The number of amides is 3. The maximum Gasteiger partial charge on any atom is 0.225 e. The molecule has 12 aliphatic heterocycles. The van der Waals surface area contributed by atoms with E-state index in [1.807, 2.05) is 0 Å². The predicted octanol–water partition coefficient (Wildman–Crippen LogP) is -4.73. The first-order valence-electron chi connectivity index (χ1n) is 26.3. The van der Waals surface area contributed by atoms with Crippen molar-refractivity contribution < 1.29 is 108 Å². The summed E-state index contributed by atoms with van der Waals surface area (Å²) in [5.41, 5.74) is 0.792. The van der Waals surface area contributed by atoms with Gasteiger partial charge in [-0.25, -0.2) is 0 Å². The smallest absolute Gasteiger partial charge is 0.225 e. The van der Waals surface area contributed by atoms with E-state index in [4.69, 9.17) is 37.9 Å². The molecular weight excluding hydrogens is 1010 g/mol. The molecule has 0 saturated carbocycles. The average Bonchev–Trinajstić information content (AvgIpc) is 3.40. The Kier molecular flexibility index (Phi) is 24.0. The number of aliphatic hydroxyl groups excluding tert-OH is 10. The van der Waals surface area contributed by atoms with Crippen LogP contribution in [0.5, 0.6) is 0 Å². The van der Waals surface area contributed by atoms with Crippen molar-refractivity contribution in [2.75, 3.05) is 52.9 Å². The predicted molar refractivity (Wildman–Crippen MR) is 259 cm³/mol. The number of allylic oxidation sites excluding steroid dienone is 2. The number of ketones is 1. The van der Waals surface area contributed by atoms with E-state index >= 15 is 0 Å². The van der Waals surface area contributed by atoms with Crippen LogP contribution in [0.3, 0.4) is 0 Å². The third-order valence-electron chi connectivity index (χ3n) is 14.8. The van der Waals surface area contributed by atoms with E-state index < -0.39 is 147 Å². The minimum absolute atomic E-state index is 0.00337. The van der Waals surface area contributed by atoms with Crippen LogP contribution in [0.15, 0.2) is 24.6 Å². The molecule has 434 valence electrons. The molecule has 12 heterocycles. The van der Waals surface area contributed by atoms with Gasteiger partial charge in [-0.1, -0.05) is 26.0 Å². The van der Waals surface area contributed by atoms with Crippen molar-refractivity contribution in [3.05, 3.63) is 24.6 Å². The molecule has 27 nitrogen and oxygen atoms in total. The summed E-state index contributed by atoms with van der Waals surface area (Å²) in [6.45, 7) is 7.99. The summed E-state index contributed by atoms with van der Waals surface area (Å²) in [4.78, 5) is 52.8. The molecule has 27 heteroatoms. The monoisotopic (exact) mass is 1090 g/mol. The molecule has 0 aromatic rings. The quantitative estimate of drug-likeness (QED) is 0.0480. The second-order valence-electron chi connectivity index (χ2n) is 20.3. The highest BCUT2D eigenvalue weighted by Crippen LogP contribution is 2.36. The Morgan fingerprint density at radius 2 is 0.868 bits per heavy atom.